The van der Waals surface area contributed by atoms with E-state index in [1.54, 1.807) is 0 Å². The van der Waals surface area contributed by atoms with Gasteiger partial charge in [0.05, 0.1) is 0 Å². The van der Waals surface area contributed by atoms with Crippen LogP contribution in [0.15, 0.2) is 0 Å². The van der Waals surface area contributed by atoms with E-state index in [-0.39, 0.29) is 5.91 Å². The maximum atomic E-state index is 10.8. The maximum absolute atomic E-state index is 10.8. The van der Waals surface area contributed by atoms with Crippen LogP contribution >= 0.6 is 0 Å². The minimum absolute atomic E-state index is 0.154. The van der Waals surface area contributed by atoms with Crippen molar-refractivity contribution in [1.29, 1.82) is 0 Å². The number of hydrogen-bond acceptors (Lipinski definition) is 1. The van der Waals surface area contributed by atoms with Crippen LogP contribution in [0, 0.1) is 5.92 Å². The first kappa shape index (κ1) is 22.5. The molecule has 0 aliphatic rings. The van der Waals surface area contributed by atoms with E-state index >= 15 is 0 Å². The Morgan fingerprint density at radius 3 is 1.39 bits per heavy atom. The zero-order valence-electron chi connectivity index (χ0n) is 16.1. The van der Waals surface area contributed by atoms with Gasteiger partial charge in [0, 0.05) is 6.42 Å². The summed E-state index contributed by atoms with van der Waals surface area (Å²) < 4.78 is 0. The van der Waals surface area contributed by atoms with Gasteiger partial charge < -0.3 is 5.73 Å². The molecule has 2 nitrogen and oxygen atoms in total. The van der Waals surface area contributed by atoms with Gasteiger partial charge in [0.1, 0.15) is 0 Å². The fourth-order valence-electron chi connectivity index (χ4n) is 3.31. The van der Waals surface area contributed by atoms with Crippen molar-refractivity contribution in [3.05, 3.63) is 0 Å². The van der Waals surface area contributed by atoms with Crippen LogP contribution in [-0.4, -0.2) is 5.91 Å². The second-order valence-corrected chi connectivity index (χ2v) is 7.51. The molecule has 23 heavy (non-hydrogen) atoms. The van der Waals surface area contributed by atoms with Crippen molar-refractivity contribution in [2.24, 2.45) is 11.7 Å². The predicted octanol–water partition coefficient (Wildman–Crippen LogP) is 6.76. The molecule has 0 aromatic carbocycles. The molecule has 0 bridgehead atoms. The number of amides is 1. The van der Waals surface area contributed by atoms with Gasteiger partial charge >= 0.3 is 0 Å². The minimum atomic E-state index is -0.154. The van der Waals surface area contributed by atoms with Gasteiger partial charge in [-0.3, -0.25) is 4.79 Å². The number of nitrogens with two attached hydrogens (primary N) is 1. The smallest absolute Gasteiger partial charge is 0.217 e. The molecule has 2 heteroatoms. The first-order valence-electron chi connectivity index (χ1n) is 10.4. The monoisotopic (exact) mass is 325 g/mol. The topological polar surface area (TPSA) is 43.1 Å². The molecule has 0 aliphatic carbocycles. The SMILES string of the molecule is CCCCCCCCCCCCCCCCCC(C)CC(N)=O. The van der Waals surface area contributed by atoms with E-state index in [0.29, 0.717) is 12.3 Å². The van der Waals surface area contributed by atoms with Crippen LogP contribution in [0.1, 0.15) is 123 Å². The second-order valence-electron chi connectivity index (χ2n) is 7.51. The molecule has 0 heterocycles. The van der Waals surface area contributed by atoms with Crippen LogP contribution in [0.3, 0.4) is 0 Å². The van der Waals surface area contributed by atoms with E-state index in [4.69, 9.17) is 5.73 Å². The standard InChI is InChI=1S/C21H43NO/c1-3-4-5-6-7-8-9-10-11-12-13-14-15-16-17-18-20(2)19-21(22)23/h20H,3-19H2,1-2H3,(H2,22,23). The lowest BCUT2D eigenvalue weighted by atomic mass is 9.98. The predicted molar refractivity (Wildman–Crippen MR) is 103 cm³/mol. The van der Waals surface area contributed by atoms with Crippen molar-refractivity contribution in [1.82, 2.24) is 0 Å². The summed E-state index contributed by atoms with van der Waals surface area (Å²) in [6, 6.07) is 0. The average Bonchev–Trinajstić information content (AvgIpc) is 2.50. The number of primary amides is 1. The largest absolute Gasteiger partial charge is 0.370 e. The van der Waals surface area contributed by atoms with E-state index in [9.17, 15) is 4.79 Å². The van der Waals surface area contributed by atoms with Crippen LogP contribution in [0.2, 0.25) is 0 Å². The van der Waals surface area contributed by atoms with Crippen LogP contribution in [0.5, 0.6) is 0 Å². The first-order valence-corrected chi connectivity index (χ1v) is 10.4. The van der Waals surface area contributed by atoms with Crippen LogP contribution in [0.4, 0.5) is 0 Å². The molecule has 0 rings (SSSR count). The van der Waals surface area contributed by atoms with E-state index in [0.717, 1.165) is 6.42 Å². The summed E-state index contributed by atoms with van der Waals surface area (Å²) >= 11 is 0. The summed E-state index contributed by atoms with van der Waals surface area (Å²) in [6.45, 7) is 4.42. The Morgan fingerprint density at radius 1 is 0.696 bits per heavy atom. The molecule has 0 aliphatic heterocycles. The third-order valence-electron chi connectivity index (χ3n) is 4.85. The Labute approximate surface area is 146 Å². The fourth-order valence-corrected chi connectivity index (χ4v) is 3.31. The molecule has 1 unspecified atom stereocenters. The molecule has 0 radical (unpaired) electrons. The van der Waals surface area contributed by atoms with Crippen molar-refractivity contribution in [3.63, 3.8) is 0 Å². The van der Waals surface area contributed by atoms with Gasteiger partial charge in [-0.25, -0.2) is 0 Å². The number of hydrogen-bond donors (Lipinski definition) is 1. The first-order chi connectivity index (χ1) is 11.2. The summed E-state index contributed by atoms with van der Waals surface area (Å²) in [7, 11) is 0. The lowest BCUT2D eigenvalue weighted by Gasteiger charge is -2.08. The molecule has 1 amide bonds. The number of unbranched alkanes of at least 4 members (excludes halogenated alkanes) is 14. The molecule has 0 spiro atoms. The van der Waals surface area contributed by atoms with Crippen molar-refractivity contribution in [2.45, 2.75) is 123 Å². The molecule has 1 atom stereocenters. The van der Waals surface area contributed by atoms with Gasteiger partial charge in [-0.15, -0.1) is 0 Å². The van der Waals surface area contributed by atoms with Gasteiger partial charge in [0.15, 0.2) is 0 Å². The third-order valence-corrected chi connectivity index (χ3v) is 4.85. The van der Waals surface area contributed by atoms with Gasteiger partial charge in [-0.1, -0.05) is 117 Å². The van der Waals surface area contributed by atoms with Crippen LogP contribution in [0.25, 0.3) is 0 Å². The van der Waals surface area contributed by atoms with Crippen LogP contribution in [-0.2, 0) is 4.79 Å². The average molecular weight is 326 g/mol. The summed E-state index contributed by atoms with van der Waals surface area (Å²) in [6.07, 6.45) is 22.8. The zero-order valence-corrected chi connectivity index (χ0v) is 16.1. The lowest BCUT2D eigenvalue weighted by molar-refractivity contribution is -0.118. The van der Waals surface area contributed by atoms with E-state index in [2.05, 4.69) is 13.8 Å². The number of carbonyl (C=O) groups excluding carboxylic acids is 1. The molecule has 0 aromatic rings. The van der Waals surface area contributed by atoms with Gasteiger partial charge in [-0.2, -0.15) is 0 Å². The highest BCUT2D eigenvalue weighted by Gasteiger charge is 2.05. The zero-order chi connectivity index (χ0) is 17.2. The number of rotatable bonds is 18. The molecule has 0 fully saturated rings. The Bertz CT molecular complexity index is 252. The molecule has 0 saturated carbocycles. The summed E-state index contributed by atoms with van der Waals surface area (Å²) in [5, 5.41) is 0. The van der Waals surface area contributed by atoms with E-state index < -0.39 is 0 Å². The van der Waals surface area contributed by atoms with Crippen molar-refractivity contribution in [3.8, 4) is 0 Å². The fraction of sp³-hybridized carbons (Fsp3) is 0.952. The Hall–Kier alpha value is -0.530. The van der Waals surface area contributed by atoms with Gasteiger partial charge in [0.2, 0.25) is 5.91 Å². The molecular weight excluding hydrogens is 282 g/mol. The highest BCUT2D eigenvalue weighted by atomic mass is 16.1. The Morgan fingerprint density at radius 2 is 1.04 bits per heavy atom. The summed E-state index contributed by atoms with van der Waals surface area (Å²) in [5.41, 5.74) is 5.21. The molecule has 2 N–H and O–H groups in total. The normalized spacial score (nSPS) is 12.4. The molecule has 0 saturated heterocycles. The van der Waals surface area contributed by atoms with Gasteiger partial charge in [0.25, 0.3) is 0 Å². The third kappa shape index (κ3) is 19.4. The van der Waals surface area contributed by atoms with Crippen molar-refractivity contribution >= 4 is 5.91 Å². The van der Waals surface area contributed by atoms with Gasteiger partial charge in [-0.05, 0) is 5.92 Å². The lowest BCUT2D eigenvalue weighted by Crippen LogP contribution is -2.14. The molecular formula is C21H43NO. The van der Waals surface area contributed by atoms with E-state index in [1.165, 1.54) is 96.3 Å². The van der Waals surface area contributed by atoms with Crippen molar-refractivity contribution < 1.29 is 4.79 Å². The Kier molecular flexibility index (Phi) is 17.4. The Balaban J connectivity index is 3.06. The quantitative estimate of drug-likeness (QED) is 0.278. The summed E-state index contributed by atoms with van der Waals surface area (Å²) in [5.74, 6) is 0.313. The molecule has 138 valence electrons. The van der Waals surface area contributed by atoms with E-state index in [1.807, 2.05) is 0 Å². The highest BCUT2D eigenvalue weighted by Crippen LogP contribution is 2.16. The minimum Gasteiger partial charge on any atom is -0.370 e. The highest BCUT2D eigenvalue weighted by molar-refractivity contribution is 5.73. The number of carbonyl (C=O) groups is 1. The van der Waals surface area contributed by atoms with Crippen molar-refractivity contribution in [2.75, 3.05) is 0 Å². The summed E-state index contributed by atoms with van der Waals surface area (Å²) in [4.78, 5) is 10.8. The second kappa shape index (κ2) is 17.8. The maximum Gasteiger partial charge on any atom is 0.217 e. The molecule has 0 aromatic heterocycles. The van der Waals surface area contributed by atoms with Crippen LogP contribution < -0.4 is 5.73 Å².